The summed E-state index contributed by atoms with van der Waals surface area (Å²) in [5, 5.41) is 0. The van der Waals surface area contributed by atoms with Crippen LogP contribution in [0.4, 0.5) is 0 Å². The van der Waals surface area contributed by atoms with Gasteiger partial charge in [0.05, 0.1) is 5.52 Å². The Morgan fingerprint density at radius 1 is 1.44 bits per heavy atom. The summed E-state index contributed by atoms with van der Waals surface area (Å²) in [6.45, 7) is 4.65. The topological polar surface area (TPSA) is 33.6 Å². The van der Waals surface area contributed by atoms with Crippen LogP contribution in [0.1, 0.15) is 32.7 Å². The van der Waals surface area contributed by atoms with E-state index in [1.165, 1.54) is 12.8 Å². The van der Waals surface area contributed by atoms with Gasteiger partial charge in [-0.15, -0.1) is 0 Å². The van der Waals surface area contributed by atoms with Gasteiger partial charge in [0.15, 0.2) is 10.4 Å². The smallest absolute Gasteiger partial charge is 0.179 e. The van der Waals surface area contributed by atoms with Crippen molar-refractivity contribution in [2.45, 2.75) is 32.7 Å². The summed E-state index contributed by atoms with van der Waals surface area (Å²) in [6.07, 6.45) is 4.31. The predicted octanol–water partition coefficient (Wildman–Crippen LogP) is 4.46. The van der Waals surface area contributed by atoms with Crippen LogP contribution in [0.25, 0.3) is 11.2 Å². The Morgan fingerprint density at radius 3 is 2.89 bits per heavy atom. The fraction of sp³-hybridized carbons (Fsp3) is 0.538. The summed E-state index contributed by atoms with van der Waals surface area (Å²) in [5.74, 6) is 1.42. The highest BCUT2D eigenvalue weighted by atomic mass is 79.9. The summed E-state index contributed by atoms with van der Waals surface area (Å²) < 4.78 is 3.98. The first-order valence-electron chi connectivity index (χ1n) is 6.33. The minimum Gasteiger partial charge on any atom is -0.329 e. The summed E-state index contributed by atoms with van der Waals surface area (Å²) in [4.78, 5) is 7.79. The highest BCUT2D eigenvalue weighted by Gasteiger charge is 2.32. The number of hydrogen-bond donors (Lipinski definition) is 1. The Kier molecular flexibility index (Phi) is 3.06. The first-order chi connectivity index (χ1) is 8.58. The molecule has 2 aromatic heterocycles. The molecule has 0 spiro atoms. The van der Waals surface area contributed by atoms with Crippen LogP contribution in [0, 0.1) is 16.6 Å². The van der Waals surface area contributed by atoms with Crippen molar-refractivity contribution in [1.29, 1.82) is 0 Å². The molecular weight excluding hydrogens is 310 g/mol. The lowest BCUT2D eigenvalue weighted by atomic mass is 9.98. The molecule has 0 amide bonds. The van der Waals surface area contributed by atoms with Crippen LogP contribution in [-0.4, -0.2) is 14.5 Å². The maximum absolute atomic E-state index is 5.48. The van der Waals surface area contributed by atoms with Gasteiger partial charge in [-0.25, -0.2) is 4.98 Å². The molecule has 3 unspecified atom stereocenters. The molecule has 2 heterocycles. The van der Waals surface area contributed by atoms with Gasteiger partial charge in [0.1, 0.15) is 0 Å². The molecule has 0 saturated heterocycles. The normalized spacial score (nSPS) is 28.1. The number of hydrogen-bond acceptors (Lipinski definition) is 2. The van der Waals surface area contributed by atoms with Crippen LogP contribution >= 0.6 is 28.1 Å². The van der Waals surface area contributed by atoms with E-state index in [1.54, 1.807) is 0 Å². The zero-order chi connectivity index (χ0) is 12.9. The molecule has 96 valence electrons. The average molecular weight is 326 g/mol. The Bertz CT molecular complexity index is 645. The van der Waals surface area contributed by atoms with Crippen LogP contribution in [0.3, 0.4) is 0 Å². The summed E-state index contributed by atoms with van der Waals surface area (Å²) in [7, 11) is 0. The van der Waals surface area contributed by atoms with Crippen molar-refractivity contribution in [2.75, 3.05) is 0 Å². The van der Waals surface area contributed by atoms with Gasteiger partial charge in [0.25, 0.3) is 0 Å². The molecule has 1 aliphatic carbocycles. The Hall–Kier alpha value is -0.680. The van der Waals surface area contributed by atoms with Gasteiger partial charge < -0.3 is 4.98 Å². The fourth-order valence-corrected chi connectivity index (χ4v) is 3.66. The van der Waals surface area contributed by atoms with E-state index in [1.807, 2.05) is 12.3 Å². The average Bonchev–Trinajstić information content (AvgIpc) is 2.80. The lowest BCUT2D eigenvalue weighted by molar-refractivity contribution is 0.355. The lowest BCUT2D eigenvalue weighted by Crippen LogP contribution is -2.15. The molecule has 1 N–H and O–H groups in total. The van der Waals surface area contributed by atoms with E-state index < -0.39 is 0 Å². The number of aromatic amines is 1. The minimum atomic E-state index is 0.481. The first-order valence-corrected chi connectivity index (χ1v) is 7.54. The van der Waals surface area contributed by atoms with Gasteiger partial charge in [0.2, 0.25) is 0 Å². The maximum Gasteiger partial charge on any atom is 0.179 e. The molecule has 3 atom stereocenters. The molecule has 0 bridgehead atoms. The van der Waals surface area contributed by atoms with Crippen LogP contribution in [0.2, 0.25) is 0 Å². The van der Waals surface area contributed by atoms with Crippen LogP contribution in [0.15, 0.2) is 16.7 Å². The molecule has 0 aromatic carbocycles. The number of pyridine rings is 1. The van der Waals surface area contributed by atoms with Gasteiger partial charge in [-0.3, -0.25) is 4.57 Å². The van der Waals surface area contributed by atoms with Crippen molar-refractivity contribution in [3.63, 3.8) is 0 Å². The van der Waals surface area contributed by atoms with Gasteiger partial charge in [0, 0.05) is 16.7 Å². The van der Waals surface area contributed by atoms with E-state index in [9.17, 15) is 0 Å². The third-order valence-electron chi connectivity index (χ3n) is 4.28. The molecule has 18 heavy (non-hydrogen) atoms. The second kappa shape index (κ2) is 4.46. The SMILES string of the molecule is CC1CCC(n2c(=S)[nH]c3cc(Br)cnc32)C1C. The highest BCUT2D eigenvalue weighted by molar-refractivity contribution is 9.10. The fourth-order valence-electron chi connectivity index (χ4n) is 3.00. The van der Waals surface area contributed by atoms with Crippen molar-refractivity contribution >= 4 is 39.3 Å². The number of aromatic nitrogens is 3. The van der Waals surface area contributed by atoms with Crippen molar-refractivity contribution in [1.82, 2.24) is 14.5 Å². The van der Waals surface area contributed by atoms with Crippen LogP contribution in [-0.2, 0) is 0 Å². The standard InChI is InChI=1S/C13H16BrN3S/c1-7-3-4-11(8(7)2)17-12-10(16-13(17)18)5-9(14)6-15-12/h5-8,11H,3-4H2,1-2H3,(H,16,18). The largest absolute Gasteiger partial charge is 0.329 e. The second-order valence-corrected chi connectivity index (χ2v) is 6.61. The third-order valence-corrected chi connectivity index (χ3v) is 5.01. The molecule has 1 fully saturated rings. The van der Waals surface area contributed by atoms with E-state index in [4.69, 9.17) is 12.2 Å². The zero-order valence-electron chi connectivity index (χ0n) is 10.5. The number of H-pyrrole nitrogens is 1. The van der Waals surface area contributed by atoms with Crippen LogP contribution in [0.5, 0.6) is 0 Å². The van der Waals surface area contributed by atoms with E-state index in [0.717, 1.165) is 26.3 Å². The molecule has 1 aliphatic rings. The molecule has 1 saturated carbocycles. The molecule has 0 radical (unpaired) electrons. The zero-order valence-corrected chi connectivity index (χ0v) is 12.9. The number of nitrogens with one attached hydrogen (secondary N) is 1. The maximum atomic E-state index is 5.48. The number of halogens is 1. The lowest BCUT2D eigenvalue weighted by Gasteiger charge is -2.20. The van der Waals surface area contributed by atoms with Crippen molar-refractivity contribution in [2.24, 2.45) is 11.8 Å². The molecule has 5 heteroatoms. The Labute approximate surface area is 120 Å². The Balaban J connectivity index is 2.17. The first kappa shape index (κ1) is 12.4. The molecular formula is C13H16BrN3S. The molecule has 3 rings (SSSR count). The van der Waals surface area contributed by atoms with E-state index in [2.05, 4.69) is 44.3 Å². The molecule has 2 aromatic rings. The predicted molar refractivity (Wildman–Crippen MR) is 79.2 cm³/mol. The van der Waals surface area contributed by atoms with E-state index in [0.29, 0.717) is 12.0 Å². The number of imidazole rings is 1. The molecule has 3 nitrogen and oxygen atoms in total. The van der Waals surface area contributed by atoms with Gasteiger partial charge in [-0.2, -0.15) is 0 Å². The Morgan fingerprint density at radius 2 is 2.22 bits per heavy atom. The monoisotopic (exact) mass is 325 g/mol. The van der Waals surface area contributed by atoms with Gasteiger partial charge in [-0.1, -0.05) is 13.8 Å². The van der Waals surface area contributed by atoms with Gasteiger partial charge >= 0.3 is 0 Å². The van der Waals surface area contributed by atoms with E-state index in [-0.39, 0.29) is 0 Å². The third kappa shape index (κ3) is 1.84. The quantitative estimate of drug-likeness (QED) is 0.785. The van der Waals surface area contributed by atoms with Crippen LogP contribution < -0.4 is 0 Å². The summed E-state index contributed by atoms with van der Waals surface area (Å²) in [6, 6.07) is 2.52. The van der Waals surface area contributed by atoms with Crippen molar-refractivity contribution < 1.29 is 0 Å². The minimum absolute atomic E-state index is 0.481. The highest BCUT2D eigenvalue weighted by Crippen LogP contribution is 2.41. The number of fused-ring (bicyclic) bond motifs is 1. The second-order valence-electron chi connectivity index (χ2n) is 5.31. The summed E-state index contributed by atoms with van der Waals surface area (Å²) in [5.41, 5.74) is 2.00. The van der Waals surface area contributed by atoms with Gasteiger partial charge in [-0.05, 0) is 58.9 Å². The van der Waals surface area contributed by atoms with E-state index >= 15 is 0 Å². The molecule has 0 aliphatic heterocycles. The van der Waals surface area contributed by atoms with Crippen molar-refractivity contribution in [3.8, 4) is 0 Å². The summed E-state index contributed by atoms with van der Waals surface area (Å²) >= 11 is 8.92. The van der Waals surface area contributed by atoms with Crippen molar-refractivity contribution in [3.05, 3.63) is 21.5 Å². The number of nitrogens with zero attached hydrogens (tertiary/aromatic N) is 2. The number of rotatable bonds is 1.